The Morgan fingerprint density at radius 1 is 1.43 bits per heavy atom. The molecule has 0 saturated carbocycles. The summed E-state index contributed by atoms with van der Waals surface area (Å²) in [6, 6.07) is 2.05. The lowest BCUT2D eigenvalue weighted by Gasteiger charge is -2.00. The van der Waals surface area contributed by atoms with Crippen LogP contribution < -0.4 is 4.87 Å². The van der Waals surface area contributed by atoms with E-state index in [1.165, 1.54) is 16.2 Å². The van der Waals surface area contributed by atoms with E-state index in [1.807, 2.05) is 23.8 Å². The van der Waals surface area contributed by atoms with Crippen molar-refractivity contribution in [2.24, 2.45) is 0 Å². The average molecular weight is 290 g/mol. The number of hydrogen-bond donors (Lipinski definition) is 0. The molecule has 0 aliphatic carbocycles. The van der Waals surface area contributed by atoms with Gasteiger partial charge in [-0.3, -0.25) is 9.36 Å². The molecule has 2 nitrogen and oxygen atoms in total. The minimum atomic E-state index is 0.118. The van der Waals surface area contributed by atoms with Crippen molar-refractivity contribution in [1.29, 1.82) is 0 Å². The second-order valence-electron chi connectivity index (χ2n) is 2.96. The van der Waals surface area contributed by atoms with Crippen molar-refractivity contribution >= 4 is 38.6 Å². The highest BCUT2D eigenvalue weighted by molar-refractivity contribution is 9.10. The summed E-state index contributed by atoms with van der Waals surface area (Å²) < 4.78 is 2.88. The standard InChI is InChI=1S/C9H8BrNOS2/c1-6-4-14-9(12)11(6)3-8-2-7(10)5-13-8/h2,4-5H,3H2,1H3. The molecule has 0 saturated heterocycles. The molecule has 0 N–H and O–H groups in total. The Balaban J connectivity index is 2.31. The summed E-state index contributed by atoms with van der Waals surface area (Å²) in [5, 5.41) is 3.92. The Hall–Kier alpha value is -0.390. The van der Waals surface area contributed by atoms with Crippen molar-refractivity contribution in [2.75, 3.05) is 0 Å². The van der Waals surface area contributed by atoms with Gasteiger partial charge in [-0.25, -0.2) is 0 Å². The minimum Gasteiger partial charge on any atom is -0.298 e. The molecule has 0 aliphatic rings. The second-order valence-corrected chi connectivity index (χ2v) is 5.69. The van der Waals surface area contributed by atoms with Crippen LogP contribution in [0.1, 0.15) is 10.6 Å². The van der Waals surface area contributed by atoms with E-state index in [9.17, 15) is 4.79 Å². The molecule has 2 rings (SSSR count). The van der Waals surface area contributed by atoms with Crippen molar-refractivity contribution in [3.63, 3.8) is 0 Å². The van der Waals surface area contributed by atoms with E-state index >= 15 is 0 Å². The lowest BCUT2D eigenvalue weighted by molar-refractivity contribution is 0.765. The van der Waals surface area contributed by atoms with Crippen molar-refractivity contribution in [2.45, 2.75) is 13.5 Å². The topological polar surface area (TPSA) is 22.0 Å². The van der Waals surface area contributed by atoms with Crippen LogP contribution in [0.25, 0.3) is 0 Å². The lowest BCUT2D eigenvalue weighted by atomic mass is 10.4. The van der Waals surface area contributed by atoms with Gasteiger partial charge in [0.05, 0.1) is 6.54 Å². The van der Waals surface area contributed by atoms with Crippen LogP contribution in [0.15, 0.2) is 26.1 Å². The minimum absolute atomic E-state index is 0.118. The predicted molar refractivity (Wildman–Crippen MR) is 64.4 cm³/mol. The van der Waals surface area contributed by atoms with Crippen molar-refractivity contribution in [3.05, 3.63) is 41.5 Å². The lowest BCUT2D eigenvalue weighted by Crippen LogP contribution is -2.14. The molecule has 0 radical (unpaired) electrons. The zero-order chi connectivity index (χ0) is 10.1. The molecular formula is C9H8BrNOS2. The fourth-order valence-corrected chi connectivity index (χ4v) is 3.36. The third-order valence-electron chi connectivity index (χ3n) is 1.91. The number of thiophene rings is 1. The van der Waals surface area contributed by atoms with Crippen LogP contribution >= 0.6 is 38.6 Å². The maximum Gasteiger partial charge on any atom is 0.307 e. The van der Waals surface area contributed by atoms with Crippen LogP contribution in [0.4, 0.5) is 0 Å². The molecule has 0 aliphatic heterocycles. The van der Waals surface area contributed by atoms with Crippen molar-refractivity contribution in [3.8, 4) is 0 Å². The molecule has 2 aromatic rings. The summed E-state index contributed by atoms with van der Waals surface area (Å²) >= 11 is 6.32. The normalized spacial score (nSPS) is 10.7. The number of hydrogen-bond acceptors (Lipinski definition) is 3. The smallest absolute Gasteiger partial charge is 0.298 e. The van der Waals surface area contributed by atoms with E-state index in [1.54, 1.807) is 15.9 Å². The number of aromatic nitrogens is 1. The maximum absolute atomic E-state index is 11.4. The van der Waals surface area contributed by atoms with Gasteiger partial charge in [-0.15, -0.1) is 11.3 Å². The molecule has 0 amide bonds. The number of rotatable bonds is 2. The van der Waals surface area contributed by atoms with Gasteiger partial charge < -0.3 is 0 Å². The van der Waals surface area contributed by atoms with Gasteiger partial charge in [-0.1, -0.05) is 11.3 Å². The molecule has 0 spiro atoms. The fraction of sp³-hybridized carbons (Fsp3) is 0.222. The Bertz CT molecular complexity index is 497. The van der Waals surface area contributed by atoms with Crippen molar-refractivity contribution in [1.82, 2.24) is 4.57 Å². The average Bonchev–Trinajstić information content (AvgIpc) is 2.67. The second kappa shape index (κ2) is 4.00. The summed E-state index contributed by atoms with van der Waals surface area (Å²) in [4.78, 5) is 12.7. The Kier molecular flexibility index (Phi) is 2.90. The first kappa shape index (κ1) is 10.1. The number of aryl methyl sites for hydroxylation is 1. The molecule has 0 aromatic carbocycles. The highest BCUT2D eigenvalue weighted by Crippen LogP contribution is 2.20. The SMILES string of the molecule is Cc1csc(=O)n1Cc1cc(Br)cs1. The van der Waals surface area contributed by atoms with Gasteiger partial charge in [0.15, 0.2) is 0 Å². The van der Waals surface area contributed by atoms with Gasteiger partial charge in [0.2, 0.25) is 0 Å². The first-order chi connectivity index (χ1) is 6.66. The molecule has 2 aromatic heterocycles. The van der Waals surface area contributed by atoms with Crippen LogP contribution in [-0.4, -0.2) is 4.57 Å². The quantitative estimate of drug-likeness (QED) is 0.833. The molecule has 2 heterocycles. The molecule has 14 heavy (non-hydrogen) atoms. The van der Waals surface area contributed by atoms with E-state index in [2.05, 4.69) is 15.9 Å². The molecule has 0 atom stereocenters. The summed E-state index contributed by atoms with van der Waals surface area (Å²) in [7, 11) is 0. The Labute approximate surface area is 98.0 Å². The highest BCUT2D eigenvalue weighted by Gasteiger charge is 2.04. The summed E-state index contributed by atoms with van der Waals surface area (Å²) in [5.74, 6) is 0. The third kappa shape index (κ3) is 1.99. The number of nitrogens with zero attached hydrogens (tertiary/aromatic N) is 1. The summed E-state index contributed by atoms with van der Waals surface area (Å²) in [6.07, 6.45) is 0. The molecule has 0 fully saturated rings. The van der Waals surface area contributed by atoms with Crippen LogP contribution in [0, 0.1) is 6.92 Å². The van der Waals surface area contributed by atoms with Crippen LogP contribution in [-0.2, 0) is 6.54 Å². The molecule has 0 unspecified atom stereocenters. The summed E-state index contributed by atoms with van der Waals surface area (Å²) in [5.41, 5.74) is 1.03. The Morgan fingerprint density at radius 3 is 2.71 bits per heavy atom. The zero-order valence-corrected chi connectivity index (χ0v) is 10.7. The monoisotopic (exact) mass is 289 g/mol. The van der Waals surface area contributed by atoms with E-state index < -0.39 is 0 Å². The maximum atomic E-state index is 11.4. The fourth-order valence-electron chi connectivity index (χ4n) is 1.19. The largest absolute Gasteiger partial charge is 0.307 e. The predicted octanol–water partition coefficient (Wildman–Crippen LogP) is 3.09. The van der Waals surface area contributed by atoms with Gasteiger partial charge in [0, 0.05) is 25.8 Å². The Morgan fingerprint density at radius 2 is 2.21 bits per heavy atom. The zero-order valence-electron chi connectivity index (χ0n) is 7.49. The first-order valence-electron chi connectivity index (χ1n) is 4.04. The van der Waals surface area contributed by atoms with Gasteiger partial charge in [-0.05, 0) is 28.9 Å². The van der Waals surface area contributed by atoms with E-state index in [0.717, 1.165) is 10.2 Å². The van der Waals surface area contributed by atoms with Gasteiger partial charge >= 0.3 is 4.87 Å². The molecule has 74 valence electrons. The number of halogens is 1. The van der Waals surface area contributed by atoms with E-state index in [0.29, 0.717) is 6.54 Å². The highest BCUT2D eigenvalue weighted by atomic mass is 79.9. The van der Waals surface area contributed by atoms with Gasteiger partial charge in [0.25, 0.3) is 0 Å². The number of thiazole rings is 1. The van der Waals surface area contributed by atoms with Crippen molar-refractivity contribution < 1.29 is 0 Å². The van der Waals surface area contributed by atoms with Crippen LogP contribution in [0.5, 0.6) is 0 Å². The summed E-state index contributed by atoms with van der Waals surface area (Å²) in [6.45, 7) is 2.64. The van der Waals surface area contributed by atoms with Gasteiger partial charge in [-0.2, -0.15) is 0 Å². The van der Waals surface area contributed by atoms with Crippen LogP contribution in [0.3, 0.4) is 0 Å². The van der Waals surface area contributed by atoms with Gasteiger partial charge in [0.1, 0.15) is 0 Å². The third-order valence-corrected chi connectivity index (χ3v) is 4.48. The first-order valence-corrected chi connectivity index (χ1v) is 6.60. The van der Waals surface area contributed by atoms with E-state index in [-0.39, 0.29) is 4.87 Å². The molecular weight excluding hydrogens is 282 g/mol. The van der Waals surface area contributed by atoms with Crippen LogP contribution in [0.2, 0.25) is 0 Å². The van der Waals surface area contributed by atoms with E-state index in [4.69, 9.17) is 0 Å². The molecule has 5 heteroatoms. The molecule has 0 bridgehead atoms.